The van der Waals surface area contributed by atoms with E-state index in [1.165, 1.54) is 17.4 Å². The number of aromatic amines is 1. The van der Waals surface area contributed by atoms with Gasteiger partial charge in [-0.15, -0.1) is 22.8 Å². The van der Waals surface area contributed by atoms with Gasteiger partial charge in [-0.25, -0.2) is 4.98 Å². The third kappa shape index (κ3) is 2.69. The molecule has 26 heavy (non-hydrogen) atoms. The Balaban J connectivity index is 2.07. The average Bonchev–Trinajstić information content (AvgIpc) is 3.21. The first-order valence-corrected chi connectivity index (χ1v) is 8.45. The van der Waals surface area contributed by atoms with Crippen LogP contribution in [0.4, 0.5) is 18.3 Å². The predicted octanol–water partition coefficient (Wildman–Crippen LogP) is 4.03. The summed E-state index contributed by atoms with van der Waals surface area (Å²) in [5, 5.41) is 13.7. The second kappa shape index (κ2) is 5.95. The van der Waals surface area contributed by atoms with Gasteiger partial charge in [-0.05, 0) is 22.9 Å². The lowest BCUT2D eigenvalue weighted by Gasteiger charge is -2.16. The van der Waals surface area contributed by atoms with E-state index in [9.17, 15) is 13.2 Å². The van der Waals surface area contributed by atoms with Crippen molar-refractivity contribution < 1.29 is 13.2 Å². The third-order valence-corrected chi connectivity index (χ3v) is 5.09. The quantitative estimate of drug-likeness (QED) is 0.446. The molecule has 2 aromatic carbocycles. The molecule has 4 aromatic rings. The number of fused-ring (bicyclic) bond motifs is 1. The molecule has 0 aliphatic heterocycles. The molecule has 3 N–H and O–H groups in total. The maximum atomic E-state index is 13.3. The number of alkyl halides is 3. The Hall–Kier alpha value is -2.66. The largest absolute Gasteiger partial charge is 0.417 e. The van der Waals surface area contributed by atoms with Crippen molar-refractivity contribution in [3.05, 3.63) is 35.9 Å². The summed E-state index contributed by atoms with van der Waals surface area (Å²) in [6.45, 7) is 0. The average molecular weight is 394 g/mol. The minimum absolute atomic E-state index is 0.0105. The van der Waals surface area contributed by atoms with E-state index in [4.69, 9.17) is 5.73 Å². The number of hydrogen-bond donors (Lipinski definition) is 3. The first-order chi connectivity index (χ1) is 12.4. The van der Waals surface area contributed by atoms with Gasteiger partial charge < -0.3 is 5.73 Å². The number of H-pyrrole nitrogens is 1. The van der Waals surface area contributed by atoms with E-state index in [1.807, 2.05) is 6.07 Å². The van der Waals surface area contributed by atoms with Gasteiger partial charge in [-0.3, -0.25) is 0 Å². The molecular formula is C15H9F3N6S2. The van der Waals surface area contributed by atoms with Crippen LogP contribution in [0.2, 0.25) is 0 Å². The van der Waals surface area contributed by atoms with Gasteiger partial charge in [-0.1, -0.05) is 29.5 Å². The maximum absolute atomic E-state index is 13.3. The number of nitrogen functional groups attached to an aromatic ring is 1. The SMILES string of the molecule is Nc1nc2c(-c3ccc(C(F)(F)F)c(S)c3-c3nn[nH]n3)cccc2s1. The van der Waals surface area contributed by atoms with Crippen molar-refractivity contribution in [3.8, 4) is 22.5 Å². The highest BCUT2D eigenvalue weighted by atomic mass is 32.1. The molecule has 0 saturated carbocycles. The molecule has 0 saturated heterocycles. The fourth-order valence-corrected chi connectivity index (χ4v) is 3.90. The molecule has 4 rings (SSSR count). The normalized spacial score (nSPS) is 12.0. The third-order valence-electron chi connectivity index (χ3n) is 3.78. The number of tetrazole rings is 1. The zero-order valence-electron chi connectivity index (χ0n) is 12.7. The summed E-state index contributed by atoms with van der Waals surface area (Å²) in [7, 11) is 0. The smallest absolute Gasteiger partial charge is 0.375 e. The molecule has 2 heterocycles. The zero-order chi connectivity index (χ0) is 18.5. The van der Waals surface area contributed by atoms with E-state index >= 15 is 0 Å². The van der Waals surface area contributed by atoms with Crippen LogP contribution in [0.5, 0.6) is 0 Å². The van der Waals surface area contributed by atoms with Crippen LogP contribution in [0, 0.1) is 0 Å². The van der Waals surface area contributed by atoms with Crippen molar-refractivity contribution in [2.24, 2.45) is 0 Å². The van der Waals surface area contributed by atoms with Crippen LogP contribution >= 0.6 is 24.0 Å². The number of nitrogens with one attached hydrogen (secondary N) is 1. The van der Waals surface area contributed by atoms with Gasteiger partial charge in [0.2, 0.25) is 5.82 Å². The second-order valence-corrected chi connectivity index (χ2v) is 6.83. The van der Waals surface area contributed by atoms with Gasteiger partial charge in [0.1, 0.15) is 0 Å². The van der Waals surface area contributed by atoms with E-state index < -0.39 is 11.7 Å². The number of thiol groups is 1. The second-order valence-electron chi connectivity index (χ2n) is 5.32. The molecule has 0 fully saturated rings. The molecule has 0 radical (unpaired) electrons. The van der Waals surface area contributed by atoms with E-state index in [-0.39, 0.29) is 16.3 Å². The zero-order valence-corrected chi connectivity index (χ0v) is 14.5. The number of rotatable bonds is 2. The fraction of sp³-hybridized carbons (Fsp3) is 0.0667. The first kappa shape index (κ1) is 16.8. The number of anilines is 1. The molecule has 0 aliphatic carbocycles. The monoisotopic (exact) mass is 394 g/mol. The van der Waals surface area contributed by atoms with Crippen LogP contribution in [0.15, 0.2) is 35.2 Å². The van der Waals surface area contributed by atoms with Crippen molar-refractivity contribution in [3.63, 3.8) is 0 Å². The van der Waals surface area contributed by atoms with Gasteiger partial charge in [-0.2, -0.15) is 18.4 Å². The van der Waals surface area contributed by atoms with Crippen LogP contribution in [0.3, 0.4) is 0 Å². The summed E-state index contributed by atoms with van der Waals surface area (Å²) in [5.41, 5.74) is 6.69. The Morgan fingerprint density at radius 1 is 1.12 bits per heavy atom. The first-order valence-electron chi connectivity index (χ1n) is 7.18. The van der Waals surface area contributed by atoms with E-state index in [2.05, 4.69) is 38.2 Å². The van der Waals surface area contributed by atoms with Crippen molar-refractivity contribution in [1.82, 2.24) is 25.6 Å². The molecule has 0 spiro atoms. The fourth-order valence-electron chi connectivity index (χ4n) is 2.72. The van der Waals surface area contributed by atoms with E-state index in [0.29, 0.717) is 21.8 Å². The number of para-hydroxylation sites is 1. The summed E-state index contributed by atoms with van der Waals surface area (Å²) in [5.74, 6) is 0.0105. The Kier molecular flexibility index (Phi) is 3.84. The Morgan fingerprint density at radius 2 is 1.92 bits per heavy atom. The standard InChI is InChI=1S/C15H9F3N6S2/c16-15(17,18)8-5-4-6(10(12(8)25)13-21-23-24-22-13)7-2-1-3-9-11(7)20-14(19)26-9/h1-5,25H,(H2,19,20)(H,21,22,23,24). The molecule has 0 atom stereocenters. The van der Waals surface area contributed by atoms with Crippen LogP contribution in [0.1, 0.15) is 5.56 Å². The number of nitrogens with zero attached hydrogens (tertiary/aromatic N) is 4. The Labute approximate surface area is 153 Å². The van der Waals surface area contributed by atoms with Crippen molar-refractivity contribution >= 4 is 39.3 Å². The molecule has 0 aliphatic rings. The van der Waals surface area contributed by atoms with Gasteiger partial charge in [0.05, 0.1) is 15.8 Å². The summed E-state index contributed by atoms with van der Waals surface area (Å²) in [6.07, 6.45) is -4.56. The maximum Gasteiger partial charge on any atom is 0.417 e. The molecule has 132 valence electrons. The summed E-state index contributed by atoms with van der Waals surface area (Å²) in [4.78, 5) is 4.02. The van der Waals surface area contributed by atoms with Gasteiger partial charge >= 0.3 is 6.18 Å². The molecular weight excluding hydrogens is 385 g/mol. The van der Waals surface area contributed by atoms with Gasteiger partial charge in [0, 0.05) is 16.0 Å². The number of halogens is 3. The summed E-state index contributed by atoms with van der Waals surface area (Å²) in [6, 6.07) is 7.72. The number of nitrogens with two attached hydrogens (primary N) is 1. The number of aromatic nitrogens is 5. The number of hydrogen-bond acceptors (Lipinski definition) is 7. The topological polar surface area (TPSA) is 93.4 Å². The van der Waals surface area contributed by atoms with Gasteiger partial charge in [0.25, 0.3) is 0 Å². The molecule has 0 amide bonds. The molecule has 11 heteroatoms. The van der Waals surface area contributed by atoms with Crippen molar-refractivity contribution in [2.45, 2.75) is 11.1 Å². The van der Waals surface area contributed by atoms with Crippen LogP contribution in [-0.4, -0.2) is 25.6 Å². The van der Waals surface area contributed by atoms with Crippen molar-refractivity contribution in [2.75, 3.05) is 5.73 Å². The Bertz CT molecular complexity index is 1100. The predicted molar refractivity (Wildman–Crippen MR) is 94.9 cm³/mol. The van der Waals surface area contributed by atoms with E-state index in [0.717, 1.165) is 10.8 Å². The molecule has 2 aromatic heterocycles. The lowest BCUT2D eigenvalue weighted by atomic mass is 9.96. The summed E-state index contributed by atoms with van der Waals surface area (Å²) < 4.78 is 40.8. The minimum Gasteiger partial charge on any atom is -0.375 e. The lowest BCUT2D eigenvalue weighted by Crippen LogP contribution is -2.08. The summed E-state index contributed by atoms with van der Waals surface area (Å²) >= 11 is 5.42. The highest BCUT2D eigenvalue weighted by molar-refractivity contribution is 7.80. The van der Waals surface area contributed by atoms with Crippen LogP contribution < -0.4 is 5.73 Å². The highest BCUT2D eigenvalue weighted by Crippen LogP contribution is 2.44. The Morgan fingerprint density at radius 3 is 2.62 bits per heavy atom. The highest BCUT2D eigenvalue weighted by Gasteiger charge is 2.35. The van der Waals surface area contributed by atoms with Crippen LogP contribution in [-0.2, 0) is 6.18 Å². The van der Waals surface area contributed by atoms with Crippen molar-refractivity contribution in [1.29, 1.82) is 0 Å². The molecule has 6 nitrogen and oxygen atoms in total. The molecule has 0 bridgehead atoms. The lowest BCUT2D eigenvalue weighted by molar-refractivity contribution is -0.139. The number of benzene rings is 2. The van der Waals surface area contributed by atoms with E-state index in [1.54, 1.807) is 12.1 Å². The van der Waals surface area contributed by atoms with Gasteiger partial charge in [0.15, 0.2) is 5.13 Å². The minimum atomic E-state index is -4.56. The molecule has 0 unspecified atom stereocenters. The number of thiazole rings is 1. The van der Waals surface area contributed by atoms with Crippen LogP contribution in [0.25, 0.3) is 32.7 Å².